The Kier molecular flexibility index (Phi) is 22.1. The average molecular weight is 674 g/mol. The van der Waals surface area contributed by atoms with Crippen LogP contribution in [-0.4, -0.2) is 90.9 Å². The summed E-state index contributed by atoms with van der Waals surface area (Å²) in [5.74, 6) is -0.536. The molecule has 1 heterocycles. The number of hydrogen-bond acceptors (Lipinski definition) is 10. The topological polar surface area (TPSA) is 149 Å². The van der Waals surface area contributed by atoms with Gasteiger partial charge in [0.25, 0.3) is 0 Å². The number of rotatable bonds is 8. The molecule has 0 spiro atoms. The molecule has 2 atom stereocenters. The second-order valence-corrected chi connectivity index (χ2v) is 9.94. The molecule has 0 aromatic carbocycles. The van der Waals surface area contributed by atoms with Crippen LogP contribution in [0.4, 0.5) is 0 Å². The molecule has 166 valence electrons. The fourth-order valence-electron chi connectivity index (χ4n) is 1.59. The van der Waals surface area contributed by atoms with Crippen molar-refractivity contribution in [3.05, 3.63) is 0 Å². The van der Waals surface area contributed by atoms with Crippen LogP contribution in [0.1, 0.15) is 15.2 Å². The van der Waals surface area contributed by atoms with Crippen molar-refractivity contribution in [1.29, 1.82) is 1.34 Å². The Hall–Kier alpha value is 0.967. The molecule has 3 N–H and O–H groups in total. The van der Waals surface area contributed by atoms with Crippen molar-refractivity contribution in [2.24, 2.45) is 11.8 Å². The van der Waals surface area contributed by atoms with Crippen LogP contribution in [0.2, 0.25) is 0 Å². The minimum atomic E-state index is -3.09. The van der Waals surface area contributed by atoms with Gasteiger partial charge in [0.05, 0.1) is 18.9 Å². The molecule has 1 aliphatic heterocycles. The van der Waals surface area contributed by atoms with E-state index in [9.17, 15) is 13.9 Å². The van der Waals surface area contributed by atoms with Crippen molar-refractivity contribution < 1.29 is 79.8 Å². The Morgan fingerprint density at radius 2 is 1.79 bits per heavy atom. The van der Waals surface area contributed by atoms with Gasteiger partial charge >= 0.3 is 15.2 Å². The van der Waals surface area contributed by atoms with Gasteiger partial charge in [-0.05, 0) is 15.2 Å². The standard InChI is InChI=1S/C6H15O5P.C5H11O4P.C3H6O.BH.U/c1-10-12(9,11-2)5-6(3-7)4-8;1-8-10(7)4-5(2-6)3-9-10;1-3(2)4;;/h6-8H,3-5H2,1-2H3;5-6H,2-4H2,1H3;1-2H3;1H;/i;;2*1D;. The van der Waals surface area contributed by atoms with Crippen LogP contribution >= 0.6 is 15.2 Å². The molecular formula is C14H33BO10P2U. The van der Waals surface area contributed by atoms with E-state index in [4.69, 9.17) is 22.5 Å². The Bertz CT molecular complexity index is 495. The van der Waals surface area contributed by atoms with E-state index in [1.165, 1.54) is 28.3 Å². The molecule has 0 bridgehead atoms. The van der Waals surface area contributed by atoms with Gasteiger partial charge in [-0.3, -0.25) is 9.13 Å². The van der Waals surface area contributed by atoms with E-state index in [1.54, 1.807) is 0 Å². The van der Waals surface area contributed by atoms with Crippen LogP contribution in [0.5, 0.6) is 0 Å². The third-order valence-electron chi connectivity index (χ3n) is 3.08. The molecule has 0 aliphatic carbocycles. The van der Waals surface area contributed by atoms with Crippen molar-refractivity contribution in [2.45, 2.75) is 13.8 Å². The normalized spacial score (nSPS) is 21.4. The van der Waals surface area contributed by atoms with E-state index >= 15 is 0 Å². The second kappa shape index (κ2) is 19.9. The Balaban J connectivity index is -0.000000170. The Morgan fingerprint density at radius 3 is 2.00 bits per heavy atom. The van der Waals surface area contributed by atoms with Crippen LogP contribution < -0.4 is 0 Å². The summed E-state index contributed by atoms with van der Waals surface area (Å²) in [5, 5.41) is 26.0. The molecule has 0 saturated carbocycles. The van der Waals surface area contributed by atoms with Gasteiger partial charge in [-0.15, -0.1) is 0 Å². The molecule has 2 unspecified atom stereocenters. The van der Waals surface area contributed by atoms with Crippen LogP contribution in [0.3, 0.4) is 0 Å². The molecule has 1 rings (SSSR count). The van der Waals surface area contributed by atoms with Gasteiger partial charge in [0.1, 0.15) is 5.78 Å². The Labute approximate surface area is 195 Å². The number of ketones is 1. The summed E-state index contributed by atoms with van der Waals surface area (Å²) in [7, 11) is 1.79. The summed E-state index contributed by atoms with van der Waals surface area (Å²) in [6.45, 7) is 1.22. The predicted octanol–water partition coefficient (Wildman–Crippen LogP) is 0.484. The number of Topliss-reactive ketones (excluding diaryl/α,β-unsaturated/α-hetero) is 1. The zero-order valence-corrected chi connectivity index (χ0v) is 22.7. The third-order valence-corrected chi connectivity index (χ3v) is 7.22. The van der Waals surface area contributed by atoms with E-state index < -0.39 is 21.1 Å². The molecule has 2 radical (unpaired) electrons. The summed E-state index contributed by atoms with van der Waals surface area (Å²) < 4.78 is 52.9. The molecule has 0 amide bonds. The number of aliphatic hydroxyl groups is 3. The number of hydrogen-bond donors (Lipinski definition) is 3. The Morgan fingerprint density at radius 1 is 1.32 bits per heavy atom. The van der Waals surface area contributed by atoms with E-state index in [2.05, 4.69) is 21.9 Å². The van der Waals surface area contributed by atoms with Gasteiger partial charge < -0.3 is 38.2 Å². The van der Waals surface area contributed by atoms with Crippen molar-refractivity contribution in [1.82, 2.24) is 0 Å². The molecule has 0 aromatic heterocycles. The maximum absolute atomic E-state index is 11.4. The van der Waals surface area contributed by atoms with E-state index in [0.717, 1.165) is 0 Å². The van der Waals surface area contributed by atoms with Crippen LogP contribution in [0, 0.1) is 42.9 Å². The molecule has 0 aromatic rings. The van der Waals surface area contributed by atoms with Crippen LogP contribution in [-0.2, 0) is 32.0 Å². The third kappa shape index (κ3) is 17.8. The van der Waals surface area contributed by atoms with Gasteiger partial charge in [-0.1, -0.05) is 0 Å². The number of carbonyl (C=O) groups excluding carboxylic acids is 1. The van der Waals surface area contributed by atoms with Gasteiger partial charge in [-0.2, -0.15) is 0 Å². The largest absolute Gasteiger partial charge is 0.396 e. The first-order valence-electron chi connectivity index (χ1n) is 8.98. The van der Waals surface area contributed by atoms with Crippen molar-refractivity contribution in [3.63, 3.8) is 0 Å². The van der Waals surface area contributed by atoms with Crippen LogP contribution in [0.25, 0.3) is 0 Å². The predicted molar refractivity (Wildman–Crippen MR) is 104 cm³/mol. The van der Waals surface area contributed by atoms with Gasteiger partial charge in [-0.25, -0.2) is 0 Å². The van der Waals surface area contributed by atoms with Gasteiger partial charge in [0.15, 0.2) is 0 Å². The fraction of sp³-hybridized carbons (Fsp3) is 0.929. The van der Waals surface area contributed by atoms with Crippen molar-refractivity contribution >= 4 is 29.4 Å². The first kappa shape index (κ1) is 31.2. The summed E-state index contributed by atoms with van der Waals surface area (Å²) in [6.07, 6.45) is 0.382. The first-order valence-corrected chi connectivity index (χ1v) is 11.2. The molecular weight excluding hydrogens is 639 g/mol. The zero-order chi connectivity index (χ0) is 23.5. The maximum Gasteiger partial charge on any atom is 0.330 e. The summed E-state index contributed by atoms with van der Waals surface area (Å²) >= 11 is 0. The zero-order valence-electron chi connectivity index (χ0n) is 18.8. The van der Waals surface area contributed by atoms with E-state index in [0.29, 0.717) is 12.8 Å². The van der Waals surface area contributed by atoms with E-state index in [1.807, 2.05) is 0 Å². The van der Waals surface area contributed by atoms with Crippen molar-refractivity contribution in [3.8, 4) is 0 Å². The quantitative estimate of drug-likeness (QED) is 0.246. The summed E-state index contributed by atoms with van der Waals surface area (Å²) in [6, 6.07) is 0. The minimum absolute atomic E-state index is 0. The first-order chi connectivity index (χ1) is 13.6. The molecule has 14 heteroatoms. The summed E-state index contributed by atoms with van der Waals surface area (Å²) in [4.78, 5) is 9.62. The van der Waals surface area contributed by atoms with Gasteiger partial charge in [0.2, 0.25) is 0 Å². The van der Waals surface area contributed by atoms with Gasteiger partial charge in [0, 0.05) is 93.8 Å². The number of aliphatic hydroxyl groups excluding tert-OH is 3. The molecule has 10 nitrogen and oxygen atoms in total. The van der Waals surface area contributed by atoms with Crippen molar-refractivity contribution in [2.75, 3.05) is 60.1 Å². The molecule has 1 saturated heterocycles. The maximum atomic E-state index is 11.4. The average Bonchev–Trinajstić information content (AvgIpc) is 3.16. The fourth-order valence-corrected chi connectivity index (χ4v) is 4.55. The van der Waals surface area contributed by atoms with E-state index in [-0.39, 0.29) is 75.7 Å². The minimum Gasteiger partial charge on any atom is -0.396 e. The molecule has 1 fully saturated rings. The monoisotopic (exact) mass is 674 g/mol. The SMILES string of the molecule is COP(=O)(CC(CO)CO)OC.COP1(=O)CC(CO)CO1.[2H]CC(C)=O.[2H][B].[U]. The van der Waals surface area contributed by atoms with Crippen LogP contribution in [0.15, 0.2) is 0 Å². The molecule has 28 heavy (non-hydrogen) atoms. The second-order valence-electron chi connectivity index (χ2n) is 5.41. The summed E-state index contributed by atoms with van der Waals surface area (Å²) in [5.41, 5.74) is 0. The smallest absolute Gasteiger partial charge is 0.330 e. The number of carbonyl (C=O) groups is 1. The molecule has 1 aliphatic rings.